The molecule has 0 unspecified atom stereocenters. The molecule has 0 radical (unpaired) electrons. The van der Waals surface area contributed by atoms with E-state index in [1.54, 1.807) is 0 Å². The Morgan fingerprint density at radius 1 is 0.432 bits per heavy atom. The number of benzene rings is 5. The topological polar surface area (TPSA) is 9.23 Å². The van der Waals surface area contributed by atoms with Crippen molar-refractivity contribution in [3.63, 3.8) is 0 Å². The van der Waals surface area contributed by atoms with Gasteiger partial charge in [0.2, 0.25) is 11.6 Å². The van der Waals surface area contributed by atoms with Crippen LogP contribution in [-0.4, -0.2) is 7.11 Å². The van der Waals surface area contributed by atoms with Crippen LogP contribution in [0, 0.1) is 69.8 Å². The van der Waals surface area contributed by atoms with Crippen LogP contribution in [-0.2, 0) is 6.18 Å². The van der Waals surface area contributed by atoms with Crippen molar-refractivity contribution in [2.75, 3.05) is 7.11 Å². The smallest absolute Gasteiger partial charge is 0.422 e. The fraction of sp³-hybridized carbons (Fsp3) is 0.0714. The second-order valence-corrected chi connectivity index (χ2v) is 8.97. The van der Waals surface area contributed by atoms with Crippen LogP contribution in [0.1, 0.15) is 5.56 Å². The van der Waals surface area contributed by atoms with E-state index in [2.05, 4.69) is 4.74 Å². The van der Waals surface area contributed by atoms with Gasteiger partial charge in [-0.2, -0.15) is 22.0 Å². The van der Waals surface area contributed by atoms with Gasteiger partial charge in [0.15, 0.2) is 63.9 Å². The van der Waals surface area contributed by atoms with Crippen molar-refractivity contribution in [1.82, 2.24) is 0 Å². The molecule has 16 heteroatoms. The maximum atomic E-state index is 15.5. The second-order valence-electron chi connectivity index (χ2n) is 8.97. The predicted octanol–water partition coefficient (Wildman–Crippen LogP) is 10.0. The summed E-state index contributed by atoms with van der Waals surface area (Å²) in [6.07, 6.45) is -6.05. The van der Waals surface area contributed by atoms with Gasteiger partial charge in [-0.05, 0) is 10.8 Å². The molecule has 0 aliphatic rings. The Morgan fingerprint density at radius 2 is 0.773 bits per heavy atom. The maximum absolute atomic E-state index is 15.5. The Balaban J connectivity index is 2.17. The van der Waals surface area contributed by atoms with E-state index in [0.717, 1.165) is 12.1 Å². The third-order valence-electron chi connectivity index (χ3n) is 6.71. The lowest BCUT2D eigenvalue weighted by Crippen LogP contribution is -2.16. The van der Waals surface area contributed by atoms with Gasteiger partial charge >= 0.3 is 6.18 Å². The minimum absolute atomic E-state index is 0.582. The number of fused-ring (bicyclic) bond motifs is 2. The van der Waals surface area contributed by atoms with E-state index >= 15 is 26.3 Å². The fourth-order valence-corrected chi connectivity index (χ4v) is 4.92. The first-order chi connectivity index (χ1) is 20.5. The van der Waals surface area contributed by atoms with Gasteiger partial charge < -0.3 is 4.74 Å². The molecule has 0 saturated heterocycles. The molecular weight excluding hydrogens is 637 g/mol. The second kappa shape index (κ2) is 10.2. The van der Waals surface area contributed by atoms with E-state index in [1.165, 1.54) is 0 Å². The summed E-state index contributed by atoms with van der Waals surface area (Å²) < 4.78 is 224. The molecule has 230 valence electrons. The molecule has 0 aromatic heterocycles. The Labute approximate surface area is 233 Å². The molecular formula is C28H7F15O. The van der Waals surface area contributed by atoms with Crippen LogP contribution in [0.25, 0.3) is 43.8 Å². The monoisotopic (exact) mass is 644 g/mol. The van der Waals surface area contributed by atoms with Gasteiger partial charge in [0.25, 0.3) is 0 Å². The lowest BCUT2D eigenvalue weighted by atomic mass is 9.84. The Bertz CT molecular complexity index is 2010. The molecule has 0 aliphatic carbocycles. The van der Waals surface area contributed by atoms with Crippen LogP contribution >= 0.6 is 0 Å². The van der Waals surface area contributed by atoms with Crippen molar-refractivity contribution in [3.8, 4) is 28.0 Å². The molecule has 44 heavy (non-hydrogen) atoms. The molecule has 0 saturated carbocycles. The predicted molar refractivity (Wildman–Crippen MR) is 123 cm³/mol. The molecule has 0 heterocycles. The van der Waals surface area contributed by atoms with Crippen molar-refractivity contribution >= 4 is 21.5 Å². The van der Waals surface area contributed by atoms with Gasteiger partial charge in [-0.3, -0.25) is 0 Å². The first-order valence-electron chi connectivity index (χ1n) is 11.5. The molecule has 0 fully saturated rings. The summed E-state index contributed by atoms with van der Waals surface area (Å²) in [6, 6.07) is 3.11. The molecule has 0 atom stereocenters. The highest BCUT2D eigenvalue weighted by molar-refractivity contribution is 6.22. The van der Waals surface area contributed by atoms with Crippen molar-refractivity contribution in [2.45, 2.75) is 6.18 Å². The summed E-state index contributed by atoms with van der Waals surface area (Å²) >= 11 is 0. The zero-order valence-electron chi connectivity index (χ0n) is 20.9. The van der Waals surface area contributed by atoms with Crippen LogP contribution in [0.3, 0.4) is 0 Å². The molecule has 0 aliphatic heterocycles. The molecule has 0 spiro atoms. The molecule has 5 aromatic rings. The van der Waals surface area contributed by atoms with Crippen LogP contribution in [0.5, 0.6) is 5.75 Å². The van der Waals surface area contributed by atoms with E-state index in [0.29, 0.717) is 19.2 Å². The number of ether oxygens (including phenoxy) is 1. The lowest BCUT2D eigenvalue weighted by Gasteiger charge is -2.22. The van der Waals surface area contributed by atoms with E-state index in [1.807, 2.05) is 0 Å². The largest absolute Gasteiger partial charge is 0.491 e. The Hall–Kier alpha value is -4.63. The van der Waals surface area contributed by atoms with E-state index in [9.17, 15) is 39.5 Å². The van der Waals surface area contributed by atoms with Gasteiger partial charge in [0, 0.05) is 21.9 Å². The molecule has 0 bridgehead atoms. The zero-order valence-corrected chi connectivity index (χ0v) is 20.9. The molecule has 1 nitrogen and oxygen atoms in total. The van der Waals surface area contributed by atoms with Gasteiger partial charge in [-0.1, -0.05) is 24.3 Å². The van der Waals surface area contributed by atoms with Crippen LogP contribution in [0.2, 0.25) is 0 Å². The molecule has 5 aromatic carbocycles. The van der Waals surface area contributed by atoms with Crippen molar-refractivity contribution < 1.29 is 70.6 Å². The highest BCUT2D eigenvalue weighted by Crippen LogP contribution is 2.51. The summed E-state index contributed by atoms with van der Waals surface area (Å²) in [5.74, 6) is -33.6. The Kier molecular flexibility index (Phi) is 7.17. The first-order valence-corrected chi connectivity index (χ1v) is 11.5. The SMILES string of the molecule is COc1c(F)c(F)c(-c2c3ccccc3c(-c3c(F)c(F)c(C(F)(F)F)c(F)c3F)c3c(F)c(F)c(F)c(F)c23)c(F)c1F. The van der Waals surface area contributed by atoms with E-state index in [-0.39, 0.29) is 0 Å². The summed E-state index contributed by atoms with van der Waals surface area (Å²) in [5, 5.41) is -5.83. The maximum Gasteiger partial charge on any atom is 0.422 e. The molecule has 0 N–H and O–H groups in total. The van der Waals surface area contributed by atoms with Gasteiger partial charge in [-0.25, -0.2) is 43.9 Å². The quantitative estimate of drug-likeness (QED) is 0.0823. The van der Waals surface area contributed by atoms with Crippen LogP contribution in [0.4, 0.5) is 65.9 Å². The number of halogens is 15. The number of methoxy groups -OCH3 is 1. The minimum Gasteiger partial charge on any atom is -0.491 e. The summed E-state index contributed by atoms with van der Waals surface area (Å²) in [7, 11) is 0.582. The number of rotatable bonds is 3. The summed E-state index contributed by atoms with van der Waals surface area (Å²) in [6.45, 7) is 0. The van der Waals surface area contributed by atoms with Crippen LogP contribution < -0.4 is 4.74 Å². The molecule has 5 rings (SSSR count). The third-order valence-corrected chi connectivity index (χ3v) is 6.71. The highest BCUT2D eigenvalue weighted by atomic mass is 19.4. The number of hydrogen-bond acceptors (Lipinski definition) is 1. The summed E-state index contributed by atoms with van der Waals surface area (Å²) in [4.78, 5) is 0. The lowest BCUT2D eigenvalue weighted by molar-refractivity contribution is -0.143. The highest BCUT2D eigenvalue weighted by Gasteiger charge is 2.43. The Morgan fingerprint density at radius 3 is 1.09 bits per heavy atom. The van der Waals surface area contributed by atoms with Crippen molar-refractivity contribution in [2.24, 2.45) is 0 Å². The average Bonchev–Trinajstić information content (AvgIpc) is 2.97. The van der Waals surface area contributed by atoms with Crippen molar-refractivity contribution in [3.05, 3.63) is 99.6 Å². The van der Waals surface area contributed by atoms with Gasteiger partial charge in [0.05, 0.1) is 18.2 Å². The summed E-state index contributed by atoms with van der Waals surface area (Å²) in [5.41, 5.74) is -10.4. The fourth-order valence-electron chi connectivity index (χ4n) is 4.92. The normalized spacial score (nSPS) is 12.1. The van der Waals surface area contributed by atoms with Crippen LogP contribution in [0.15, 0.2) is 24.3 Å². The van der Waals surface area contributed by atoms with Crippen molar-refractivity contribution in [1.29, 1.82) is 0 Å². The van der Waals surface area contributed by atoms with E-state index < -0.39 is 131 Å². The third kappa shape index (κ3) is 4.06. The first kappa shape index (κ1) is 30.8. The minimum atomic E-state index is -6.05. The van der Waals surface area contributed by atoms with Gasteiger partial charge in [-0.15, -0.1) is 0 Å². The number of hydrogen-bond donors (Lipinski definition) is 0. The zero-order chi connectivity index (χ0) is 32.7. The van der Waals surface area contributed by atoms with E-state index in [4.69, 9.17) is 0 Å². The number of alkyl halides is 3. The van der Waals surface area contributed by atoms with Gasteiger partial charge in [0.1, 0.15) is 5.56 Å². The standard InChI is InChI=1S/C28H7F15O/c1-44-27-25(39)19(33)13(20(34)26(27)40)9-7-5-3-2-4-6(7)8(10-11(9)16(30)24(38)23(37)15(10)29)12-17(31)21(35)14(28(41,42)43)22(36)18(12)32/h2-5H,1H3. The average molecular weight is 644 g/mol. The molecule has 0 amide bonds.